The van der Waals surface area contributed by atoms with Crippen molar-refractivity contribution in [1.29, 1.82) is 0 Å². The summed E-state index contributed by atoms with van der Waals surface area (Å²) >= 11 is 3.41. The Bertz CT molecular complexity index is 374. The number of aromatic nitrogens is 1. The fourth-order valence-electron chi connectivity index (χ4n) is 1.78. The number of pyridine rings is 1. The Labute approximate surface area is 112 Å². The molecule has 1 aromatic heterocycles. The van der Waals surface area contributed by atoms with Gasteiger partial charge in [0.05, 0.1) is 6.61 Å². The van der Waals surface area contributed by atoms with Crippen molar-refractivity contribution in [3.8, 4) is 5.88 Å². The lowest BCUT2D eigenvalue weighted by Gasteiger charge is -2.23. The lowest BCUT2D eigenvalue weighted by molar-refractivity contribution is 0.222. The molecule has 0 saturated heterocycles. The van der Waals surface area contributed by atoms with E-state index in [1.165, 1.54) is 0 Å². The standard InChI is InChI=1S/C13H21BrN2O/c1-9(6-13(3,4)15)8-17-12-5-10(2)11(14)7-16-12/h5,7,9H,6,8,15H2,1-4H3/t9-/m0/s1. The van der Waals surface area contributed by atoms with Crippen LogP contribution in [0.2, 0.25) is 0 Å². The highest BCUT2D eigenvalue weighted by Gasteiger charge is 2.16. The third kappa shape index (κ3) is 5.50. The average molecular weight is 301 g/mol. The van der Waals surface area contributed by atoms with E-state index in [1.54, 1.807) is 6.20 Å². The van der Waals surface area contributed by atoms with Crippen molar-refractivity contribution in [1.82, 2.24) is 4.98 Å². The fourth-order valence-corrected chi connectivity index (χ4v) is 1.99. The minimum atomic E-state index is -0.147. The van der Waals surface area contributed by atoms with Crippen molar-refractivity contribution >= 4 is 15.9 Å². The van der Waals surface area contributed by atoms with Crippen LogP contribution >= 0.6 is 15.9 Å². The highest BCUT2D eigenvalue weighted by molar-refractivity contribution is 9.10. The van der Waals surface area contributed by atoms with Crippen LogP contribution in [0.1, 0.15) is 32.8 Å². The first kappa shape index (κ1) is 14.5. The maximum atomic E-state index is 5.97. The predicted molar refractivity (Wildman–Crippen MR) is 74.2 cm³/mol. The number of halogens is 1. The number of hydrogen-bond acceptors (Lipinski definition) is 3. The molecule has 0 unspecified atom stereocenters. The molecule has 0 radical (unpaired) electrons. The Balaban J connectivity index is 2.47. The third-order valence-electron chi connectivity index (χ3n) is 2.41. The van der Waals surface area contributed by atoms with Gasteiger partial charge in [0.1, 0.15) is 0 Å². The zero-order valence-electron chi connectivity index (χ0n) is 11.0. The van der Waals surface area contributed by atoms with Crippen LogP contribution < -0.4 is 10.5 Å². The van der Waals surface area contributed by atoms with Gasteiger partial charge in [0.2, 0.25) is 5.88 Å². The molecule has 0 aliphatic carbocycles. The summed E-state index contributed by atoms with van der Waals surface area (Å²) in [6.45, 7) is 8.87. The smallest absolute Gasteiger partial charge is 0.213 e. The van der Waals surface area contributed by atoms with Crippen molar-refractivity contribution in [2.45, 2.75) is 39.7 Å². The summed E-state index contributed by atoms with van der Waals surface area (Å²) in [6.07, 6.45) is 2.70. The minimum absolute atomic E-state index is 0.147. The molecule has 1 atom stereocenters. The summed E-state index contributed by atoms with van der Waals surface area (Å²) in [4.78, 5) is 4.21. The van der Waals surface area contributed by atoms with Gasteiger partial charge in [-0.15, -0.1) is 0 Å². The molecular formula is C13H21BrN2O. The van der Waals surface area contributed by atoms with Crippen LogP contribution in [-0.4, -0.2) is 17.1 Å². The number of aryl methyl sites for hydroxylation is 1. The van der Waals surface area contributed by atoms with E-state index in [1.807, 2.05) is 26.8 Å². The second-order valence-electron chi connectivity index (χ2n) is 5.38. The lowest BCUT2D eigenvalue weighted by Crippen LogP contribution is -2.35. The van der Waals surface area contributed by atoms with Gasteiger partial charge in [-0.1, -0.05) is 6.92 Å². The summed E-state index contributed by atoms with van der Waals surface area (Å²) < 4.78 is 6.66. The molecule has 17 heavy (non-hydrogen) atoms. The fraction of sp³-hybridized carbons (Fsp3) is 0.615. The van der Waals surface area contributed by atoms with Gasteiger partial charge in [0.15, 0.2) is 0 Å². The molecule has 0 saturated carbocycles. The first-order valence-corrected chi connectivity index (χ1v) is 6.61. The highest BCUT2D eigenvalue weighted by atomic mass is 79.9. The van der Waals surface area contributed by atoms with Gasteiger partial charge in [-0.2, -0.15) is 0 Å². The van der Waals surface area contributed by atoms with Gasteiger partial charge in [-0.05, 0) is 54.6 Å². The van der Waals surface area contributed by atoms with Crippen LogP contribution in [0.25, 0.3) is 0 Å². The molecule has 0 fully saturated rings. The Morgan fingerprint density at radius 3 is 2.71 bits per heavy atom. The Morgan fingerprint density at radius 2 is 2.18 bits per heavy atom. The predicted octanol–water partition coefficient (Wildman–Crippen LogP) is 3.29. The average Bonchev–Trinajstić information content (AvgIpc) is 2.17. The first-order valence-electron chi connectivity index (χ1n) is 5.82. The van der Waals surface area contributed by atoms with Crippen LogP contribution in [0.4, 0.5) is 0 Å². The molecule has 3 nitrogen and oxygen atoms in total. The molecule has 0 spiro atoms. The van der Waals surface area contributed by atoms with Crippen LogP contribution in [0.3, 0.4) is 0 Å². The second kappa shape index (κ2) is 5.83. The van der Waals surface area contributed by atoms with E-state index >= 15 is 0 Å². The third-order valence-corrected chi connectivity index (χ3v) is 3.24. The van der Waals surface area contributed by atoms with Gasteiger partial charge < -0.3 is 10.5 Å². The molecule has 1 heterocycles. The zero-order valence-corrected chi connectivity index (χ0v) is 12.5. The lowest BCUT2D eigenvalue weighted by atomic mass is 9.93. The Hall–Kier alpha value is -0.610. The summed E-state index contributed by atoms with van der Waals surface area (Å²) in [5, 5.41) is 0. The zero-order chi connectivity index (χ0) is 13.1. The van der Waals surface area contributed by atoms with Crippen LogP contribution in [-0.2, 0) is 0 Å². The maximum Gasteiger partial charge on any atom is 0.213 e. The normalized spacial score (nSPS) is 13.5. The van der Waals surface area contributed by atoms with Crippen LogP contribution in [0, 0.1) is 12.8 Å². The van der Waals surface area contributed by atoms with E-state index in [0.29, 0.717) is 18.4 Å². The molecule has 96 valence electrons. The van der Waals surface area contributed by atoms with Crippen molar-refractivity contribution in [3.63, 3.8) is 0 Å². The summed E-state index contributed by atoms with van der Waals surface area (Å²) in [5.41, 5.74) is 6.95. The molecule has 0 bridgehead atoms. The molecule has 1 aromatic rings. The first-order chi connectivity index (χ1) is 7.78. The number of nitrogens with two attached hydrogens (primary N) is 1. The summed E-state index contributed by atoms with van der Waals surface area (Å²) in [7, 11) is 0. The van der Waals surface area contributed by atoms with Crippen LogP contribution in [0.15, 0.2) is 16.7 Å². The van der Waals surface area contributed by atoms with Gasteiger partial charge in [-0.25, -0.2) is 4.98 Å². The number of nitrogens with zero attached hydrogens (tertiary/aromatic N) is 1. The molecule has 2 N–H and O–H groups in total. The van der Waals surface area contributed by atoms with Crippen molar-refractivity contribution in [2.75, 3.05) is 6.61 Å². The topological polar surface area (TPSA) is 48.1 Å². The van der Waals surface area contributed by atoms with Crippen molar-refractivity contribution < 1.29 is 4.74 Å². The SMILES string of the molecule is Cc1cc(OC[C@@H](C)CC(C)(C)N)ncc1Br. The molecule has 0 aliphatic rings. The summed E-state index contributed by atoms with van der Waals surface area (Å²) in [5.74, 6) is 1.09. The molecule has 1 rings (SSSR count). The summed E-state index contributed by atoms with van der Waals surface area (Å²) in [6, 6.07) is 1.93. The molecule has 4 heteroatoms. The molecule has 0 amide bonds. The van der Waals surface area contributed by atoms with Gasteiger partial charge >= 0.3 is 0 Å². The molecule has 0 aliphatic heterocycles. The molecule has 0 aromatic carbocycles. The Kier molecular flexibility index (Phi) is 4.95. The monoisotopic (exact) mass is 300 g/mol. The van der Waals surface area contributed by atoms with E-state index in [0.717, 1.165) is 16.5 Å². The van der Waals surface area contributed by atoms with E-state index in [-0.39, 0.29) is 5.54 Å². The minimum Gasteiger partial charge on any atom is -0.477 e. The van der Waals surface area contributed by atoms with E-state index in [9.17, 15) is 0 Å². The number of ether oxygens (including phenoxy) is 1. The van der Waals surface area contributed by atoms with Crippen molar-refractivity contribution in [2.24, 2.45) is 11.7 Å². The van der Waals surface area contributed by atoms with Crippen LogP contribution in [0.5, 0.6) is 5.88 Å². The highest BCUT2D eigenvalue weighted by Crippen LogP contribution is 2.20. The second-order valence-corrected chi connectivity index (χ2v) is 6.23. The van der Waals surface area contributed by atoms with E-state index < -0.39 is 0 Å². The van der Waals surface area contributed by atoms with Gasteiger partial charge in [-0.3, -0.25) is 0 Å². The van der Waals surface area contributed by atoms with Gasteiger partial charge in [0.25, 0.3) is 0 Å². The quantitative estimate of drug-likeness (QED) is 0.908. The van der Waals surface area contributed by atoms with Gasteiger partial charge in [0, 0.05) is 22.3 Å². The number of hydrogen-bond donors (Lipinski definition) is 1. The maximum absolute atomic E-state index is 5.97. The number of rotatable bonds is 5. The molecular weight excluding hydrogens is 280 g/mol. The van der Waals surface area contributed by atoms with E-state index in [4.69, 9.17) is 10.5 Å². The largest absolute Gasteiger partial charge is 0.477 e. The Morgan fingerprint density at radius 1 is 1.53 bits per heavy atom. The van der Waals surface area contributed by atoms with E-state index in [2.05, 4.69) is 27.8 Å². The van der Waals surface area contributed by atoms with Crippen molar-refractivity contribution in [3.05, 3.63) is 22.3 Å².